The van der Waals surface area contributed by atoms with Gasteiger partial charge in [-0.25, -0.2) is 0 Å². The second-order valence-electron chi connectivity index (χ2n) is 1.09. The maximum Gasteiger partial charge on any atom is -0.0139 e. The molecular weight excluding hydrogens is 187 g/mol. The number of allylic oxidation sites excluding steroid dienone is 2. The van der Waals surface area contributed by atoms with Crippen molar-refractivity contribution in [3.63, 3.8) is 0 Å². The predicted octanol–water partition coefficient (Wildman–Crippen LogP) is 2.74. The molecule has 36 valence electrons. The van der Waals surface area contributed by atoms with Crippen LogP contribution < -0.4 is 0 Å². The Morgan fingerprint density at radius 3 is 2.33 bits per heavy atom. The summed E-state index contributed by atoms with van der Waals surface area (Å²) in [4.78, 5) is 0. The first-order valence-electron chi connectivity index (χ1n) is 2.12. The van der Waals surface area contributed by atoms with Crippen LogP contribution in [-0.4, -0.2) is 0 Å². The van der Waals surface area contributed by atoms with Gasteiger partial charge in [0.1, 0.15) is 0 Å². The smallest absolute Gasteiger partial charge is 0.0139 e. The fourth-order valence-corrected chi connectivity index (χ4v) is 0.204. The molecule has 0 aromatic carbocycles. The molecule has 0 bridgehead atoms. The van der Waals surface area contributed by atoms with Crippen molar-refractivity contribution < 1.29 is 0 Å². The van der Waals surface area contributed by atoms with Crippen LogP contribution in [0.5, 0.6) is 0 Å². The van der Waals surface area contributed by atoms with Crippen LogP contribution in [0.1, 0.15) is 20.3 Å². The second-order valence-corrected chi connectivity index (χ2v) is 2.47. The zero-order chi connectivity index (χ0) is 4.99. The molecule has 6 heavy (non-hydrogen) atoms. The summed E-state index contributed by atoms with van der Waals surface area (Å²) in [6, 6.07) is 0. The average Bonchev–Trinajstić information content (AvgIpc) is 1.65. The van der Waals surface area contributed by atoms with Crippen molar-refractivity contribution in [1.29, 1.82) is 0 Å². The molecule has 0 amide bonds. The normalized spacial score (nSPS) is 12.2. The van der Waals surface area contributed by atoms with Crippen LogP contribution in [0.15, 0.2) is 9.66 Å². The van der Waals surface area contributed by atoms with Gasteiger partial charge < -0.3 is 0 Å². The maximum atomic E-state index is 2.33. The first-order chi connectivity index (χ1) is 2.81. The van der Waals surface area contributed by atoms with Gasteiger partial charge in [0, 0.05) is 0 Å². The molecule has 0 unspecified atom stereocenters. The van der Waals surface area contributed by atoms with Crippen LogP contribution in [-0.2, 0) is 0 Å². The lowest BCUT2D eigenvalue weighted by atomic mass is 10.4. The van der Waals surface area contributed by atoms with Gasteiger partial charge in [0.25, 0.3) is 0 Å². The Bertz CT molecular complexity index is 55.0. The molecule has 0 nitrogen and oxygen atoms in total. The lowest BCUT2D eigenvalue weighted by Gasteiger charge is -1.82. The summed E-state index contributed by atoms with van der Waals surface area (Å²) in [6.07, 6.45) is 3.30. The van der Waals surface area contributed by atoms with E-state index in [1.165, 1.54) is 10.0 Å². The molecule has 0 aliphatic carbocycles. The zero-order valence-corrected chi connectivity index (χ0v) is 6.32. The van der Waals surface area contributed by atoms with Crippen LogP contribution in [0.4, 0.5) is 0 Å². The third-order valence-corrected chi connectivity index (χ3v) is 2.04. The molecule has 0 spiro atoms. The Morgan fingerprint density at radius 2 is 2.33 bits per heavy atom. The molecule has 0 aliphatic heterocycles. The third kappa shape index (κ3) is 2.69. The summed E-state index contributed by atoms with van der Waals surface area (Å²) in [5, 5.41) is 0. The van der Waals surface area contributed by atoms with Gasteiger partial charge in [-0.15, -0.1) is 0 Å². The molecular formula is C5H9I. The van der Waals surface area contributed by atoms with Crippen LogP contribution in [0.25, 0.3) is 0 Å². The van der Waals surface area contributed by atoms with Gasteiger partial charge in [-0.2, -0.15) is 0 Å². The highest BCUT2D eigenvalue weighted by Crippen LogP contribution is 2.07. The number of halogens is 1. The molecule has 0 heterocycles. The van der Waals surface area contributed by atoms with Crippen LogP contribution in [0.3, 0.4) is 0 Å². The van der Waals surface area contributed by atoms with E-state index >= 15 is 0 Å². The summed E-state index contributed by atoms with van der Waals surface area (Å²) in [5.41, 5.74) is 0. The van der Waals surface area contributed by atoms with E-state index in [1.54, 1.807) is 0 Å². The van der Waals surface area contributed by atoms with E-state index in [-0.39, 0.29) is 0 Å². The van der Waals surface area contributed by atoms with Gasteiger partial charge in [-0.3, -0.25) is 0 Å². The summed E-state index contributed by atoms with van der Waals surface area (Å²) in [7, 11) is 0. The molecule has 0 radical (unpaired) electrons. The summed E-state index contributed by atoms with van der Waals surface area (Å²) in [5.74, 6) is 0. The number of rotatable bonds is 1. The average molecular weight is 196 g/mol. The highest BCUT2D eigenvalue weighted by atomic mass is 127. The lowest BCUT2D eigenvalue weighted by molar-refractivity contribution is 1.21. The van der Waals surface area contributed by atoms with Gasteiger partial charge in [-0.05, 0) is 39.5 Å². The second kappa shape index (κ2) is 3.65. The predicted molar refractivity (Wildman–Crippen MR) is 38.1 cm³/mol. The van der Waals surface area contributed by atoms with Crippen LogP contribution >= 0.6 is 22.6 Å². The molecule has 0 saturated carbocycles. The topological polar surface area (TPSA) is 0 Å². The molecule has 0 fully saturated rings. The minimum absolute atomic E-state index is 1.18. The largest absolute Gasteiger partial charge is 0.0784 e. The third-order valence-electron chi connectivity index (χ3n) is 0.651. The van der Waals surface area contributed by atoms with Crippen molar-refractivity contribution in [1.82, 2.24) is 0 Å². The van der Waals surface area contributed by atoms with E-state index in [0.717, 1.165) is 0 Å². The fourth-order valence-electron chi connectivity index (χ4n) is 0.204. The van der Waals surface area contributed by atoms with E-state index < -0.39 is 0 Å². The van der Waals surface area contributed by atoms with Crippen molar-refractivity contribution in [2.24, 2.45) is 0 Å². The SMILES string of the molecule is C/C=C(\I)CC. The molecule has 0 atom stereocenters. The molecule has 0 aromatic rings. The van der Waals surface area contributed by atoms with Crippen LogP contribution in [0, 0.1) is 0 Å². The Morgan fingerprint density at radius 1 is 1.83 bits per heavy atom. The van der Waals surface area contributed by atoms with Gasteiger partial charge in [0.15, 0.2) is 0 Å². The maximum absolute atomic E-state index is 2.33. The molecule has 0 N–H and O–H groups in total. The molecule has 0 aliphatic rings. The first-order valence-corrected chi connectivity index (χ1v) is 3.19. The van der Waals surface area contributed by atoms with E-state index in [0.29, 0.717) is 0 Å². The summed E-state index contributed by atoms with van der Waals surface area (Å²) < 4.78 is 1.44. The molecule has 0 aromatic heterocycles. The van der Waals surface area contributed by atoms with Crippen molar-refractivity contribution in [2.45, 2.75) is 20.3 Å². The van der Waals surface area contributed by atoms with Crippen molar-refractivity contribution in [3.05, 3.63) is 9.66 Å². The van der Waals surface area contributed by atoms with E-state index in [9.17, 15) is 0 Å². The first kappa shape index (κ1) is 6.47. The minimum Gasteiger partial charge on any atom is -0.0784 e. The molecule has 1 heteroatoms. The minimum atomic E-state index is 1.18. The zero-order valence-electron chi connectivity index (χ0n) is 4.16. The Balaban J connectivity index is 3.22. The summed E-state index contributed by atoms with van der Waals surface area (Å²) >= 11 is 2.33. The fraction of sp³-hybridized carbons (Fsp3) is 0.600. The highest BCUT2D eigenvalue weighted by molar-refractivity contribution is 14.1. The van der Waals surface area contributed by atoms with Gasteiger partial charge in [0.05, 0.1) is 0 Å². The van der Waals surface area contributed by atoms with Gasteiger partial charge >= 0.3 is 0 Å². The van der Waals surface area contributed by atoms with Gasteiger partial charge in [0.2, 0.25) is 0 Å². The van der Waals surface area contributed by atoms with Crippen molar-refractivity contribution in [2.75, 3.05) is 0 Å². The van der Waals surface area contributed by atoms with Crippen molar-refractivity contribution in [3.8, 4) is 0 Å². The molecule has 0 saturated heterocycles. The number of hydrogen-bond donors (Lipinski definition) is 0. The van der Waals surface area contributed by atoms with Crippen LogP contribution in [0.2, 0.25) is 0 Å². The standard InChI is InChI=1S/C5H9I/c1-3-5(6)4-2/h3H,4H2,1-2H3/b5-3-. The highest BCUT2D eigenvalue weighted by Gasteiger charge is 1.75. The summed E-state index contributed by atoms with van der Waals surface area (Å²) in [6.45, 7) is 4.22. The van der Waals surface area contributed by atoms with E-state index in [4.69, 9.17) is 0 Å². The Labute approximate surface area is 52.8 Å². The molecule has 0 rings (SSSR count). The van der Waals surface area contributed by atoms with Gasteiger partial charge in [-0.1, -0.05) is 13.0 Å². The lowest BCUT2D eigenvalue weighted by Crippen LogP contribution is -1.57. The van der Waals surface area contributed by atoms with E-state index in [1.807, 2.05) is 0 Å². The monoisotopic (exact) mass is 196 g/mol. The Kier molecular flexibility index (Phi) is 3.94. The Hall–Kier alpha value is 0.470. The van der Waals surface area contributed by atoms with E-state index in [2.05, 4.69) is 42.5 Å². The number of hydrogen-bond acceptors (Lipinski definition) is 0. The van der Waals surface area contributed by atoms with Crippen molar-refractivity contribution >= 4 is 22.6 Å². The quantitative estimate of drug-likeness (QED) is 0.565.